The number of hydrogen-bond donors (Lipinski definition) is 1. The van der Waals surface area contributed by atoms with Gasteiger partial charge in [0.25, 0.3) is 0 Å². The Balaban J connectivity index is 2.12. The van der Waals surface area contributed by atoms with Gasteiger partial charge in [-0.15, -0.1) is 0 Å². The van der Waals surface area contributed by atoms with Crippen molar-refractivity contribution in [1.82, 2.24) is 10.2 Å². The van der Waals surface area contributed by atoms with Gasteiger partial charge in [-0.1, -0.05) is 25.5 Å². The highest BCUT2D eigenvalue weighted by molar-refractivity contribution is 5.89. The number of nitrogens with one attached hydrogen (secondary N) is 1. The molecule has 1 aromatic rings. The Bertz CT molecular complexity index is 504. The van der Waals surface area contributed by atoms with Crippen LogP contribution < -0.4 is 5.32 Å². The molecule has 0 saturated carbocycles. The Labute approximate surface area is 118 Å². The third-order valence-electron chi connectivity index (χ3n) is 3.39. The maximum atomic E-state index is 13.2. The van der Waals surface area contributed by atoms with Crippen LogP contribution in [0.15, 0.2) is 24.3 Å². The first-order valence-corrected chi connectivity index (χ1v) is 6.92. The fraction of sp³-hybridized carbons (Fsp3) is 0.467. The van der Waals surface area contributed by atoms with E-state index in [4.69, 9.17) is 0 Å². The van der Waals surface area contributed by atoms with Crippen molar-refractivity contribution >= 4 is 11.8 Å². The number of rotatable bonds is 4. The molecule has 1 N–H and O–H groups in total. The minimum atomic E-state index is -0.455. The van der Waals surface area contributed by atoms with Crippen molar-refractivity contribution in [2.75, 3.05) is 6.54 Å². The second-order valence-electron chi connectivity index (χ2n) is 5.05. The van der Waals surface area contributed by atoms with Gasteiger partial charge in [0, 0.05) is 19.5 Å². The van der Waals surface area contributed by atoms with Crippen LogP contribution in [0.1, 0.15) is 31.7 Å². The lowest BCUT2D eigenvalue weighted by molar-refractivity contribution is -0.134. The molecule has 5 heteroatoms. The van der Waals surface area contributed by atoms with Crippen LogP contribution in [0, 0.1) is 5.82 Å². The highest BCUT2D eigenvalue weighted by Gasteiger charge is 2.28. The molecule has 0 radical (unpaired) electrons. The van der Waals surface area contributed by atoms with Crippen LogP contribution in [0.25, 0.3) is 0 Å². The van der Waals surface area contributed by atoms with Crippen LogP contribution in [-0.4, -0.2) is 29.3 Å². The van der Waals surface area contributed by atoms with Crippen LogP contribution in [0.5, 0.6) is 0 Å². The van der Waals surface area contributed by atoms with E-state index in [0.29, 0.717) is 25.9 Å². The van der Waals surface area contributed by atoms with Gasteiger partial charge in [0.2, 0.25) is 11.8 Å². The van der Waals surface area contributed by atoms with Crippen molar-refractivity contribution < 1.29 is 14.0 Å². The van der Waals surface area contributed by atoms with Crippen molar-refractivity contribution in [3.8, 4) is 0 Å². The maximum absolute atomic E-state index is 13.2. The summed E-state index contributed by atoms with van der Waals surface area (Å²) >= 11 is 0. The number of hydrogen-bond acceptors (Lipinski definition) is 2. The minimum absolute atomic E-state index is 0.0815. The molecular weight excluding hydrogens is 259 g/mol. The first-order chi connectivity index (χ1) is 9.60. The first-order valence-electron chi connectivity index (χ1n) is 6.92. The molecule has 108 valence electrons. The van der Waals surface area contributed by atoms with Gasteiger partial charge in [0.05, 0.1) is 0 Å². The Morgan fingerprint density at radius 3 is 2.90 bits per heavy atom. The van der Waals surface area contributed by atoms with E-state index in [1.807, 2.05) is 6.92 Å². The van der Waals surface area contributed by atoms with Crippen LogP contribution >= 0.6 is 0 Å². The van der Waals surface area contributed by atoms with E-state index in [9.17, 15) is 14.0 Å². The van der Waals surface area contributed by atoms with Crippen molar-refractivity contribution in [2.45, 2.75) is 38.8 Å². The van der Waals surface area contributed by atoms with Crippen LogP contribution in [-0.2, 0) is 16.1 Å². The molecule has 2 rings (SSSR count). The van der Waals surface area contributed by atoms with E-state index >= 15 is 0 Å². The van der Waals surface area contributed by atoms with Crippen molar-refractivity contribution in [3.63, 3.8) is 0 Å². The molecule has 1 aromatic carbocycles. The van der Waals surface area contributed by atoms with Gasteiger partial charge in [-0.05, 0) is 24.1 Å². The zero-order valence-electron chi connectivity index (χ0n) is 11.6. The quantitative estimate of drug-likeness (QED) is 0.913. The largest absolute Gasteiger partial charge is 0.344 e. The number of benzene rings is 1. The molecule has 1 aliphatic rings. The highest BCUT2D eigenvalue weighted by atomic mass is 19.1. The normalized spacial score (nSPS) is 19.7. The fourth-order valence-corrected chi connectivity index (χ4v) is 2.39. The number of halogens is 1. The van der Waals surface area contributed by atoms with Crippen molar-refractivity contribution in [3.05, 3.63) is 35.6 Å². The molecule has 0 spiro atoms. The maximum Gasteiger partial charge on any atom is 0.245 e. The molecule has 2 amide bonds. The van der Waals surface area contributed by atoms with Gasteiger partial charge in [-0.2, -0.15) is 0 Å². The summed E-state index contributed by atoms with van der Waals surface area (Å²) in [5, 5.41) is 2.75. The summed E-state index contributed by atoms with van der Waals surface area (Å²) in [6.07, 6.45) is 1.75. The van der Waals surface area contributed by atoms with Crippen LogP contribution in [0.3, 0.4) is 0 Å². The molecule has 1 aliphatic heterocycles. The molecule has 0 aromatic heterocycles. The lowest BCUT2D eigenvalue weighted by atomic mass is 10.1. The molecule has 1 unspecified atom stereocenters. The van der Waals surface area contributed by atoms with Gasteiger partial charge in [-0.25, -0.2) is 4.39 Å². The average Bonchev–Trinajstić information content (AvgIpc) is 2.53. The lowest BCUT2D eigenvalue weighted by Gasteiger charge is -2.24. The third kappa shape index (κ3) is 3.56. The number of nitrogens with zero attached hydrogens (tertiary/aromatic N) is 1. The van der Waals surface area contributed by atoms with Crippen molar-refractivity contribution in [2.24, 2.45) is 0 Å². The average molecular weight is 278 g/mol. The van der Waals surface area contributed by atoms with E-state index in [-0.39, 0.29) is 17.6 Å². The third-order valence-corrected chi connectivity index (χ3v) is 3.39. The second kappa shape index (κ2) is 6.50. The molecule has 1 fully saturated rings. The van der Waals surface area contributed by atoms with Crippen LogP contribution in [0.2, 0.25) is 0 Å². The topological polar surface area (TPSA) is 49.4 Å². The summed E-state index contributed by atoms with van der Waals surface area (Å²) in [6.45, 7) is 2.69. The standard InChI is InChI=1S/C15H19FN2O2/c1-2-4-13-15(20)18(8-7-14(19)17-13)10-11-5-3-6-12(16)9-11/h3,5-6,9,13H,2,4,7-8,10H2,1H3,(H,17,19). The van der Waals surface area contributed by atoms with E-state index < -0.39 is 6.04 Å². The predicted octanol–water partition coefficient (Wildman–Crippen LogP) is 1.84. The van der Waals surface area contributed by atoms with Gasteiger partial charge in [0.1, 0.15) is 11.9 Å². The fourth-order valence-electron chi connectivity index (χ4n) is 2.39. The SMILES string of the molecule is CCCC1NC(=O)CCN(Cc2cccc(F)c2)C1=O. The smallest absolute Gasteiger partial charge is 0.245 e. The number of carbonyl (C=O) groups excluding carboxylic acids is 2. The summed E-state index contributed by atoms with van der Waals surface area (Å²) in [4.78, 5) is 25.6. The summed E-state index contributed by atoms with van der Waals surface area (Å²) in [5.74, 6) is -0.496. The zero-order valence-corrected chi connectivity index (χ0v) is 11.6. The van der Waals surface area contributed by atoms with E-state index in [1.165, 1.54) is 12.1 Å². The van der Waals surface area contributed by atoms with Gasteiger partial charge in [0.15, 0.2) is 0 Å². The molecular formula is C15H19FN2O2. The highest BCUT2D eigenvalue weighted by Crippen LogP contribution is 2.13. The summed E-state index contributed by atoms with van der Waals surface area (Å²) < 4.78 is 13.2. The van der Waals surface area contributed by atoms with Crippen molar-refractivity contribution in [1.29, 1.82) is 0 Å². The molecule has 0 bridgehead atoms. The van der Waals surface area contributed by atoms with Gasteiger partial charge in [-0.3, -0.25) is 9.59 Å². The summed E-state index contributed by atoms with van der Waals surface area (Å²) in [6, 6.07) is 5.75. The molecule has 4 nitrogen and oxygen atoms in total. The van der Waals surface area contributed by atoms with Gasteiger partial charge >= 0.3 is 0 Å². The summed E-state index contributed by atoms with van der Waals surface area (Å²) in [7, 11) is 0. The lowest BCUT2D eigenvalue weighted by Crippen LogP contribution is -2.44. The van der Waals surface area contributed by atoms with Gasteiger partial charge < -0.3 is 10.2 Å². The number of amides is 2. The predicted molar refractivity (Wildman–Crippen MR) is 73.3 cm³/mol. The van der Waals surface area contributed by atoms with E-state index in [2.05, 4.69) is 5.32 Å². The molecule has 20 heavy (non-hydrogen) atoms. The Kier molecular flexibility index (Phi) is 4.71. The second-order valence-corrected chi connectivity index (χ2v) is 5.05. The Morgan fingerprint density at radius 1 is 1.40 bits per heavy atom. The molecule has 0 aliphatic carbocycles. The number of carbonyl (C=O) groups is 2. The Morgan fingerprint density at radius 2 is 2.20 bits per heavy atom. The minimum Gasteiger partial charge on any atom is -0.344 e. The molecule has 1 saturated heterocycles. The Hall–Kier alpha value is -1.91. The zero-order chi connectivity index (χ0) is 14.5. The first kappa shape index (κ1) is 14.5. The van der Waals surface area contributed by atoms with E-state index in [1.54, 1.807) is 17.0 Å². The molecule has 1 heterocycles. The summed E-state index contributed by atoms with van der Waals surface area (Å²) in [5.41, 5.74) is 0.739. The molecule has 1 atom stereocenters. The van der Waals surface area contributed by atoms with E-state index in [0.717, 1.165) is 12.0 Å². The van der Waals surface area contributed by atoms with Crippen LogP contribution in [0.4, 0.5) is 4.39 Å². The monoisotopic (exact) mass is 278 g/mol.